The number of carboxylic acids is 1. The molecule has 9 nitrogen and oxygen atoms in total. The van der Waals surface area contributed by atoms with E-state index >= 15 is 0 Å². The Labute approximate surface area is 373 Å². The molecule has 2 aliphatic rings. The summed E-state index contributed by atoms with van der Waals surface area (Å²) in [6.07, 6.45) is 4.43. The number of hydrogen-bond donors (Lipinski definition) is 3. The van der Waals surface area contributed by atoms with Crippen molar-refractivity contribution in [1.82, 2.24) is 10.2 Å². The Morgan fingerprint density at radius 3 is 2.37 bits per heavy atom. The number of nitrogens with two attached hydrogens (primary N) is 1. The van der Waals surface area contributed by atoms with E-state index in [1.165, 1.54) is 0 Å². The van der Waals surface area contributed by atoms with Crippen molar-refractivity contribution in [1.29, 1.82) is 0 Å². The minimum Gasteiger partial charge on any atom is -0.489 e. The molecular formula is C51H51Cl2N3O6. The second-order valence-electron chi connectivity index (χ2n) is 15.7. The smallest absolute Gasteiger partial charge is 0.326 e. The Morgan fingerprint density at radius 2 is 1.68 bits per heavy atom. The number of carbonyl (C=O) groups excluding carboxylic acids is 1. The third-order valence-corrected chi connectivity index (χ3v) is 12.3. The summed E-state index contributed by atoms with van der Waals surface area (Å²) in [5, 5.41) is 14.3. The van der Waals surface area contributed by atoms with E-state index in [2.05, 4.69) is 35.9 Å². The number of rotatable bonds is 15. The molecule has 5 aromatic carbocycles. The molecule has 0 bridgehead atoms. The number of benzene rings is 5. The van der Waals surface area contributed by atoms with Crippen LogP contribution in [0.25, 0.3) is 5.57 Å². The number of nitrogens with zero attached hydrogens (tertiary/aromatic N) is 1. The van der Waals surface area contributed by atoms with Gasteiger partial charge in [-0.2, -0.15) is 0 Å². The lowest BCUT2D eigenvalue weighted by Gasteiger charge is -2.42. The van der Waals surface area contributed by atoms with Gasteiger partial charge in [0.05, 0.1) is 16.1 Å². The highest BCUT2D eigenvalue weighted by atomic mass is 35.5. The molecule has 0 saturated carbocycles. The molecule has 1 amide bonds. The van der Waals surface area contributed by atoms with Crippen molar-refractivity contribution in [3.8, 4) is 17.2 Å². The number of carbonyl (C=O) groups is 2. The van der Waals surface area contributed by atoms with Gasteiger partial charge in [0.2, 0.25) is 5.91 Å². The summed E-state index contributed by atoms with van der Waals surface area (Å²) in [6, 6.07) is 33.0. The fraction of sp³-hybridized carbons (Fsp3) is 0.255. The summed E-state index contributed by atoms with van der Waals surface area (Å²) in [7, 11) is 0. The van der Waals surface area contributed by atoms with E-state index in [9.17, 15) is 14.7 Å². The molecule has 0 unspecified atom stereocenters. The first-order valence-corrected chi connectivity index (χ1v) is 21.5. The molecule has 0 radical (unpaired) electrons. The van der Waals surface area contributed by atoms with Crippen LogP contribution in [-0.4, -0.2) is 40.6 Å². The van der Waals surface area contributed by atoms with Gasteiger partial charge in [-0.25, -0.2) is 4.79 Å². The minimum atomic E-state index is -1.15. The number of fused-ring (bicyclic) bond motifs is 2. The second kappa shape index (κ2) is 19.8. The summed E-state index contributed by atoms with van der Waals surface area (Å²) < 4.78 is 19.0. The van der Waals surface area contributed by atoms with Crippen LogP contribution in [0.3, 0.4) is 0 Å². The molecule has 4 atom stereocenters. The molecule has 11 heteroatoms. The van der Waals surface area contributed by atoms with Crippen molar-refractivity contribution < 1.29 is 28.9 Å². The second-order valence-corrected chi connectivity index (χ2v) is 16.6. The fourth-order valence-corrected chi connectivity index (χ4v) is 8.46. The van der Waals surface area contributed by atoms with Gasteiger partial charge in [-0.15, -0.1) is 0 Å². The van der Waals surface area contributed by atoms with E-state index in [4.69, 9.17) is 43.1 Å². The Morgan fingerprint density at radius 1 is 0.935 bits per heavy atom. The zero-order chi connectivity index (χ0) is 43.9. The maximum absolute atomic E-state index is 14.5. The normalized spacial score (nSPS) is 17.5. The van der Waals surface area contributed by atoms with Crippen LogP contribution in [0, 0.1) is 0 Å². The maximum Gasteiger partial charge on any atom is 0.326 e. The topological polar surface area (TPSA) is 123 Å². The van der Waals surface area contributed by atoms with Gasteiger partial charge in [0.15, 0.2) is 17.6 Å². The predicted molar refractivity (Wildman–Crippen MR) is 245 cm³/mol. The summed E-state index contributed by atoms with van der Waals surface area (Å²) in [5.74, 6) is 0.439. The Balaban J connectivity index is 1.10. The first-order chi connectivity index (χ1) is 29.9. The van der Waals surface area contributed by atoms with Crippen LogP contribution in [0.15, 0.2) is 139 Å². The number of halogens is 2. The van der Waals surface area contributed by atoms with Crippen molar-refractivity contribution in [2.75, 3.05) is 6.61 Å². The molecule has 62 heavy (non-hydrogen) atoms. The number of allylic oxidation sites excluding steroid dienone is 5. The Kier molecular flexibility index (Phi) is 14.1. The van der Waals surface area contributed by atoms with E-state index in [1.807, 2.05) is 105 Å². The van der Waals surface area contributed by atoms with Crippen LogP contribution in [0.4, 0.5) is 0 Å². The lowest BCUT2D eigenvalue weighted by molar-refractivity contribution is -0.143. The predicted octanol–water partition coefficient (Wildman–Crippen LogP) is 10.6. The van der Waals surface area contributed by atoms with Crippen LogP contribution in [-0.2, 0) is 35.6 Å². The fourth-order valence-electron chi connectivity index (χ4n) is 8.14. The standard InChI is InChI=1S/C51H51Cl2N3O6/c1-5-11-41(31(3)32(4)54)35-19-16-33(17-20-35)23-44(51(58)59)55-50(57)46-25-38-26-47-48(27-39(38)28-56(46)45(6-2)36-12-8-7-9-13-36)62-49(30-61-47)37-14-10-15-40(24-37)60-29-34-18-21-42(52)43(53)22-34/h5,7-22,24,26-27,44-46,49H,1,6,23,25,28-30,54H2,2-4H3,(H,55,57)(H,58,59)/b32-31-,41-11+/t44-,45-,46-,49+/m0/s1. The Bertz CT molecular complexity index is 2500. The van der Waals surface area contributed by atoms with Gasteiger partial charge in [0.25, 0.3) is 0 Å². The van der Waals surface area contributed by atoms with Gasteiger partial charge >= 0.3 is 5.97 Å². The molecule has 7 rings (SSSR count). The largest absolute Gasteiger partial charge is 0.489 e. The van der Waals surface area contributed by atoms with Gasteiger partial charge < -0.3 is 30.4 Å². The Hall–Kier alpha value is -6.00. The molecule has 5 aromatic rings. The van der Waals surface area contributed by atoms with Crippen molar-refractivity contribution in [2.24, 2.45) is 5.73 Å². The summed E-state index contributed by atoms with van der Waals surface area (Å²) in [6.45, 7) is 10.8. The van der Waals surface area contributed by atoms with Crippen molar-refractivity contribution >= 4 is 40.7 Å². The highest BCUT2D eigenvalue weighted by Gasteiger charge is 2.39. The van der Waals surface area contributed by atoms with Crippen molar-refractivity contribution in [3.63, 3.8) is 0 Å². The highest BCUT2D eigenvalue weighted by molar-refractivity contribution is 6.42. The van der Waals surface area contributed by atoms with Crippen LogP contribution < -0.4 is 25.3 Å². The van der Waals surface area contributed by atoms with Gasteiger partial charge in [-0.3, -0.25) is 9.69 Å². The number of hydrogen-bond acceptors (Lipinski definition) is 7. The maximum atomic E-state index is 14.5. The average molecular weight is 873 g/mol. The first-order valence-electron chi connectivity index (χ1n) is 20.7. The van der Waals surface area contributed by atoms with E-state index in [1.54, 1.807) is 18.2 Å². The lowest BCUT2D eigenvalue weighted by atomic mass is 9.89. The minimum absolute atomic E-state index is 0.109. The number of carboxylic acid groups (broad SMARTS) is 1. The van der Waals surface area contributed by atoms with Gasteiger partial charge in [-0.05, 0) is 113 Å². The molecule has 0 spiro atoms. The number of amides is 1. The van der Waals surface area contributed by atoms with Crippen LogP contribution in [0.2, 0.25) is 10.0 Å². The third kappa shape index (κ3) is 10.2. The third-order valence-electron chi connectivity index (χ3n) is 11.6. The molecule has 0 aliphatic carbocycles. The molecule has 4 N–H and O–H groups in total. The summed E-state index contributed by atoms with van der Waals surface area (Å²) in [4.78, 5) is 29.4. The van der Waals surface area contributed by atoms with Crippen molar-refractivity contribution in [3.05, 3.63) is 188 Å². The van der Waals surface area contributed by atoms with Crippen molar-refractivity contribution in [2.45, 2.75) is 77.4 Å². The molecule has 320 valence electrons. The van der Waals surface area contributed by atoms with Crippen LogP contribution in [0.5, 0.6) is 17.2 Å². The number of aliphatic carboxylic acids is 1. The quantitative estimate of drug-likeness (QED) is 0.0889. The molecular weight excluding hydrogens is 821 g/mol. The lowest BCUT2D eigenvalue weighted by Crippen LogP contribution is -2.55. The molecule has 2 heterocycles. The van der Waals surface area contributed by atoms with E-state index in [-0.39, 0.29) is 31.1 Å². The van der Waals surface area contributed by atoms with Crippen LogP contribution >= 0.6 is 23.2 Å². The van der Waals surface area contributed by atoms with E-state index in [0.29, 0.717) is 52.6 Å². The SMILES string of the molecule is C=C/C=C(\C(C)=C(\C)N)c1ccc(C[C@H](NC(=O)[C@@H]2Cc3cc4c(cc3CN2[C@@H](CC)c2ccccc2)O[C@@H](c2cccc(OCc3ccc(Cl)c(Cl)c3)c2)CO4)C(=O)O)cc1. The summed E-state index contributed by atoms with van der Waals surface area (Å²) in [5.41, 5.74) is 15.2. The van der Waals surface area contributed by atoms with Gasteiger partial charge in [0.1, 0.15) is 25.0 Å². The zero-order valence-electron chi connectivity index (χ0n) is 35.1. The zero-order valence-corrected chi connectivity index (χ0v) is 36.6. The van der Waals surface area contributed by atoms with Gasteiger partial charge in [0, 0.05) is 24.7 Å². The van der Waals surface area contributed by atoms with Crippen LogP contribution in [0.1, 0.15) is 78.3 Å². The van der Waals surface area contributed by atoms with Gasteiger partial charge in [-0.1, -0.05) is 122 Å². The number of nitrogens with one attached hydrogen (secondary N) is 1. The summed E-state index contributed by atoms with van der Waals surface area (Å²) >= 11 is 12.3. The number of ether oxygens (including phenoxy) is 3. The average Bonchev–Trinajstić information content (AvgIpc) is 3.28. The highest BCUT2D eigenvalue weighted by Crippen LogP contribution is 2.43. The molecule has 2 aliphatic heterocycles. The molecule has 0 aromatic heterocycles. The molecule has 0 fully saturated rings. The van der Waals surface area contributed by atoms with E-state index < -0.39 is 18.1 Å². The molecule has 0 saturated heterocycles. The monoisotopic (exact) mass is 871 g/mol. The van der Waals surface area contributed by atoms with E-state index in [0.717, 1.165) is 56.5 Å². The first kappa shape index (κ1) is 44.1.